The minimum atomic E-state index is -0.124. The molecule has 1 rings (SSSR count). The molecule has 0 bridgehead atoms. The fourth-order valence-electron chi connectivity index (χ4n) is 1.02. The third kappa shape index (κ3) is 3.30. The van der Waals surface area contributed by atoms with E-state index in [-0.39, 0.29) is 5.91 Å². The highest BCUT2D eigenvalue weighted by atomic mass is 16.2. The quantitative estimate of drug-likeness (QED) is 0.437. The number of amides is 2. The van der Waals surface area contributed by atoms with Crippen LogP contribution in [0.1, 0.15) is 16.9 Å². The summed E-state index contributed by atoms with van der Waals surface area (Å²) in [6.07, 6.45) is 3.07. The van der Waals surface area contributed by atoms with Gasteiger partial charge in [-0.2, -0.15) is 0 Å². The average Bonchev–Trinajstić information content (AvgIpc) is 2.70. The van der Waals surface area contributed by atoms with Gasteiger partial charge < -0.3 is 15.6 Å². The Balaban J connectivity index is 2.13. The summed E-state index contributed by atoms with van der Waals surface area (Å²) in [7, 11) is 0. The lowest BCUT2D eigenvalue weighted by atomic mass is 10.3. The molecule has 0 saturated heterocycles. The molecular formula is C9H13N3O2. The Hall–Kier alpha value is -1.78. The summed E-state index contributed by atoms with van der Waals surface area (Å²) in [6.45, 7) is 1.13. The largest absolute Gasteiger partial charge is 0.359 e. The van der Waals surface area contributed by atoms with Gasteiger partial charge in [0.2, 0.25) is 6.41 Å². The van der Waals surface area contributed by atoms with E-state index < -0.39 is 0 Å². The van der Waals surface area contributed by atoms with Gasteiger partial charge in [-0.1, -0.05) is 0 Å². The highest BCUT2D eigenvalue weighted by Crippen LogP contribution is 1.93. The molecule has 0 radical (unpaired) electrons. The SMILES string of the molecule is O=CNCCCNC(=O)c1ccc[nH]1. The minimum Gasteiger partial charge on any atom is -0.359 e. The number of carbonyl (C=O) groups is 2. The number of hydrogen-bond acceptors (Lipinski definition) is 2. The van der Waals surface area contributed by atoms with Crippen LogP contribution in [0.5, 0.6) is 0 Å². The third-order valence-corrected chi connectivity index (χ3v) is 1.71. The molecule has 0 spiro atoms. The van der Waals surface area contributed by atoms with Crippen LogP contribution in [0.25, 0.3) is 0 Å². The van der Waals surface area contributed by atoms with Crippen LogP contribution >= 0.6 is 0 Å². The first-order valence-corrected chi connectivity index (χ1v) is 4.43. The van der Waals surface area contributed by atoms with E-state index in [0.29, 0.717) is 25.2 Å². The molecule has 0 fully saturated rings. The molecule has 0 unspecified atom stereocenters. The van der Waals surface area contributed by atoms with Crippen LogP contribution < -0.4 is 10.6 Å². The number of H-pyrrole nitrogens is 1. The normalized spacial score (nSPS) is 9.43. The van der Waals surface area contributed by atoms with Crippen LogP contribution in [0.4, 0.5) is 0 Å². The van der Waals surface area contributed by atoms with Gasteiger partial charge in [-0.25, -0.2) is 0 Å². The summed E-state index contributed by atoms with van der Waals surface area (Å²) in [5.41, 5.74) is 0.549. The summed E-state index contributed by atoms with van der Waals surface area (Å²) < 4.78 is 0. The second kappa shape index (κ2) is 5.80. The van der Waals surface area contributed by atoms with Crippen molar-refractivity contribution in [2.24, 2.45) is 0 Å². The Morgan fingerprint density at radius 1 is 1.50 bits per heavy atom. The molecule has 0 aliphatic rings. The van der Waals surface area contributed by atoms with E-state index in [1.165, 1.54) is 0 Å². The molecule has 76 valence electrons. The Bertz CT molecular complexity index is 282. The van der Waals surface area contributed by atoms with Crippen LogP contribution in [0, 0.1) is 0 Å². The number of nitrogens with one attached hydrogen (secondary N) is 3. The van der Waals surface area contributed by atoms with Crippen molar-refractivity contribution in [3.8, 4) is 0 Å². The Morgan fingerprint density at radius 2 is 2.36 bits per heavy atom. The number of hydrogen-bond donors (Lipinski definition) is 3. The first kappa shape index (κ1) is 10.3. The van der Waals surface area contributed by atoms with Crippen molar-refractivity contribution in [1.82, 2.24) is 15.6 Å². The zero-order chi connectivity index (χ0) is 10.2. The Morgan fingerprint density at radius 3 is 3.00 bits per heavy atom. The maximum atomic E-state index is 11.3. The van der Waals surface area contributed by atoms with Gasteiger partial charge in [-0.05, 0) is 18.6 Å². The zero-order valence-corrected chi connectivity index (χ0v) is 7.75. The molecule has 1 heterocycles. The fraction of sp³-hybridized carbons (Fsp3) is 0.333. The molecule has 2 amide bonds. The van der Waals surface area contributed by atoms with Crippen LogP contribution in [0.15, 0.2) is 18.3 Å². The zero-order valence-electron chi connectivity index (χ0n) is 7.75. The van der Waals surface area contributed by atoms with Crippen LogP contribution in [0.2, 0.25) is 0 Å². The molecule has 0 saturated carbocycles. The summed E-state index contributed by atoms with van der Waals surface area (Å²) in [5, 5.41) is 5.23. The first-order valence-electron chi connectivity index (χ1n) is 4.43. The van der Waals surface area contributed by atoms with Crippen LogP contribution in [-0.2, 0) is 4.79 Å². The molecule has 1 aromatic heterocycles. The molecule has 5 nitrogen and oxygen atoms in total. The summed E-state index contributed by atoms with van der Waals surface area (Å²) >= 11 is 0. The molecule has 0 aliphatic heterocycles. The van der Waals surface area contributed by atoms with Crippen molar-refractivity contribution in [3.63, 3.8) is 0 Å². The van der Waals surface area contributed by atoms with E-state index in [4.69, 9.17) is 0 Å². The Labute approximate surface area is 81.9 Å². The predicted molar refractivity (Wildman–Crippen MR) is 51.8 cm³/mol. The summed E-state index contributed by atoms with van der Waals surface area (Å²) in [6, 6.07) is 3.47. The molecule has 3 N–H and O–H groups in total. The van der Waals surface area contributed by atoms with Gasteiger partial charge in [0.05, 0.1) is 0 Å². The van der Waals surface area contributed by atoms with Crippen LogP contribution in [0.3, 0.4) is 0 Å². The maximum Gasteiger partial charge on any atom is 0.267 e. The third-order valence-electron chi connectivity index (χ3n) is 1.71. The molecule has 0 aromatic carbocycles. The first-order chi connectivity index (χ1) is 6.84. The van der Waals surface area contributed by atoms with E-state index in [2.05, 4.69) is 15.6 Å². The van der Waals surface area contributed by atoms with Gasteiger partial charge in [-0.3, -0.25) is 9.59 Å². The average molecular weight is 195 g/mol. The van der Waals surface area contributed by atoms with Crippen molar-refractivity contribution < 1.29 is 9.59 Å². The van der Waals surface area contributed by atoms with E-state index in [9.17, 15) is 9.59 Å². The fourth-order valence-corrected chi connectivity index (χ4v) is 1.02. The molecule has 5 heteroatoms. The van der Waals surface area contributed by atoms with Crippen molar-refractivity contribution >= 4 is 12.3 Å². The molecule has 0 atom stereocenters. The van der Waals surface area contributed by atoms with Crippen molar-refractivity contribution in [1.29, 1.82) is 0 Å². The highest BCUT2D eigenvalue weighted by molar-refractivity contribution is 5.92. The number of carbonyl (C=O) groups excluding carboxylic acids is 2. The number of aromatic amines is 1. The lowest BCUT2D eigenvalue weighted by Gasteiger charge is -2.02. The van der Waals surface area contributed by atoms with E-state index in [1.54, 1.807) is 18.3 Å². The molecule has 14 heavy (non-hydrogen) atoms. The number of aromatic nitrogens is 1. The molecule has 1 aromatic rings. The lowest BCUT2D eigenvalue weighted by Crippen LogP contribution is -2.27. The van der Waals surface area contributed by atoms with Gasteiger partial charge >= 0.3 is 0 Å². The summed E-state index contributed by atoms with van der Waals surface area (Å²) in [4.78, 5) is 24.0. The highest BCUT2D eigenvalue weighted by Gasteiger charge is 2.03. The van der Waals surface area contributed by atoms with Gasteiger partial charge in [0, 0.05) is 19.3 Å². The second-order valence-corrected chi connectivity index (χ2v) is 2.77. The van der Waals surface area contributed by atoms with Gasteiger partial charge in [-0.15, -0.1) is 0 Å². The molecule has 0 aliphatic carbocycles. The number of rotatable bonds is 6. The monoisotopic (exact) mass is 195 g/mol. The molecular weight excluding hydrogens is 182 g/mol. The standard InChI is InChI=1S/C9H13N3O2/c13-7-10-4-2-6-12-9(14)8-3-1-5-11-8/h1,3,5,7,11H,2,4,6H2,(H,10,13)(H,12,14). The van der Waals surface area contributed by atoms with Gasteiger partial charge in [0.15, 0.2) is 0 Å². The van der Waals surface area contributed by atoms with Crippen LogP contribution in [-0.4, -0.2) is 30.4 Å². The topological polar surface area (TPSA) is 74.0 Å². The van der Waals surface area contributed by atoms with Crippen molar-refractivity contribution in [3.05, 3.63) is 24.0 Å². The Kier molecular flexibility index (Phi) is 4.26. The minimum absolute atomic E-state index is 0.124. The van der Waals surface area contributed by atoms with Crippen molar-refractivity contribution in [2.45, 2.75) is 6.42 Å². The van der Waals surface area contributed by atoms with Gasteiger partial charge in [0.25, 0.3) is 5.91 Å². The van der Waals surface area contributed by atoms with E-state index in [0.717, 1.165) is 6.42 Å². The van der Waals surface area contributed by atoms with E-state index >= 15 is 0 Å². The summed E-state index contributed by atoms with van der Waals surface area (Å²) in [5.74, 6) is -0.124. The lowest BCUT2D eigenvalue weighted by molar-refractivity contribution is -0.109. The van der Waals surface area contributed by atoms with E-state index in [1.807, 2.05) is 0 Å². The maximum absolute atomic E-state index is 11.3. The predicted octanol–water partition coefficient (Wildman–Crippen LogP) is -0.119. The van der Waals surface area contributed by atoms with Crippen molar-refractivity contribution in [2.75, 3.05) is 13.1 Å². The van der Waals surface area contributed by atoms with Gasteiger partial charge in [0.1, 0.15) is 5.69 Å². The second-order valence-electron chi connectivity index (χ2n) is 2.77. The smallest absolute Gasteiger partial charge is 0.267 e.